The molecule has 0 spiro atoms. The lowest BCUT2D eigenvalue weighted by Crippen LogP contribution is -2.37. The maximum Gasteiger partial charge on any atom is 0.269 e. The smallest absolute Gasteiger partial charge is 0.269 e. The Balaban J connectivity index is 1.71. The van der Waals surface area contributed by atoms with Crippen molar-refractivity contribution in [2.45, 2.75) is 38.0 Å². The second-order valence-electron chi connectivity index (χ2n) is 6.47. The fourth-order valence-electron chi connectivity index (χ4n) is 2.88. The number of piperidine rings is 1. The van der Waals surface area contributed by atoms with Gasteiger partial charge in [-0.2, -0.15) is 4.31 Å². The van der Waals surface area contributed by atoms with Gasteiger partial charge in [-0.3, -0.25) is 4.79 Å². The minimum absolute atomic E-state index is 0.249. The summed E-state index contributed by atoms with van der Waals surface area (Å²) in [5.74, 6) is 0.283. The number of nitrogens with one attached hydrogen (secondary N) is 1. The summed E-state index contributed by atoms with van der Waals surface area (Å²) in [6, 6.07) is 6.29. The molecule has 26 heavy (non-hydrogen) atoms. The van der Waals surface area contributed by atoms with Crippen molar-refractivity contribution in [3.63, 3.8) is 0 Å². The van der Waals surface area contributed by atoms with E-state index in [0.29, 0.717) is 41.7 Å². The van der Waals surface area contributed by atoms with Gasteiger partial charge in [0, 0.05) is 18.8 Å². The molecule has 1 aliphatic rings. The monoisotopic (exact) mass is 394 g/mol. The highest BCUT2D eigenvalue weighted by Gasteiger charge is 2.28. The highest BCUT2D eigenvalue weighted by atomic mass is 32.2. The van der Waals surface area contributed by atoms with E-state index in [0.717, 1.165) is 24.4 Å². The summed E-state index contributed by atoms with van der Waals surface area (Å²) in [5, 5.41) is 6.69. The van der Waals surface area contributed by atoms with Gasteiger partial charge in [-0.1, -0.05) is 18.3 Å². The van der Waals surface area contributed by atoms with Gasteiger partial charge in [-0.25, -0.2) is 8.42 Å². The number of carbonyl (C=O) groups excluding carboxylic acids is 1. The molecule has 2 heterocycles. The lowest BCUT2D eigenvalue weighted by Gasteiger charge is -2.29. The van der Waals surface area contributed by atoms with E-state index in [1.807, 2.05) is 6.92 Å². The van der Waals surface area contributed by atoms with Crippen LogP contribution in [-0.4, -0.2) is 41.3 Å². The summed E-state index contributed by atoms with van der Waals surface area (Å²) >= 11 is 1.05. The van der Waals surface area contributed by atoms with Crippen LogP contribution in [0.1, 0.15) is 42.1 Å². The molecule has 3 rings (SSSR count). The van der Waals surface area contributed by atoms with Crippen LogP contribution < -0.4 is 5.32 Å². The van der Waals surface area contributed by atoms with Crippen molar-refractivity contribution in [1.82, 2.24) is 13.9 Å². The zero-order valence-corrected chi connectivity index (χ0v) is 16.4. The summed E-state index contributed by atoms with van der Waals surface area (Å²) in [6.45, 7) is 5.17. The van der Waals surface area contributed by atoms with E-state index >= 15 is 0 Å². The Kier molecular flexibility index (Phi) is 5.69. The third kappa shape index (κ3) is 3.94. The predicted octanol–water partition coefficient (Wildman–Crippen LogP) is 2.77. The molecule has 140 valence electrons. The molecule has 0 unspecified atom stereocenters. The number of hydrogen-bond donors (Lipinski definition) is 1. The van der Waals surface area contributed by atoms with Crippen molar-refractivity contribution in [3.8, 4) is 0 Å². The van der Waals surface area contributed by atoms with Crippen LogP contribution in [-0.2, 0) is 16.4 Å². The molecular formula is C17H22N4O3S2. The third-order valence-corrected chi connectivity index (χ3v) is 7.27. The van der Waals surface area contributed by atoms with Crippen LogP contribution in [0.5, 0.6) is 0 Å². The summed E-state index contributed by atoms with van der Waals surface area (Å²) < 4.78 is 30.8. The highest BCUT2D eigenvalue weighted by molar-refractivity contribution is 7.89. The standard InChI is InChI=1S/C17H22N4O3S2/c1-3-15-16(25-20-19-15)17(22)18-13-4-6-14(7-5-13)26(23,24)21-10-8-12(2)9-11-21/h4-7,12H,3,8-11H2,1-2H3,(H,18,22). The van der Waals surface area contributed by atoms with Gasteiger partial charge in [0.1, 0.15) is 4.88 Å². The lowest BCUT2D eigenvalue weighted by atomic mass is 10.0. The van der Waals surface area contributed by atoms with Gasteiger partial charge in [-0.15, -0.1) is 5.10 Å². The van der Waals surface area contributed by atoms with E-state index in [2.05, 4.69) is 21.8 Å². The van der Waals surface area contributed by atoms with E-state index in [-0.39, 0.29) is 10.8 Å². The Labute approximate surface area is 157 Å². The number of aromatic nitrogens is 2. The first kappa shape index (κ1) is 18.9. The maximum absolute atomic E-state index is 12.7. The molecule has 9 heteroatoms. The van der Waals surface area contributed by atoms with Crippen molar-refractivity contribution >= 4 is 33.2 Å². The Morgan fingerprint density at radius 2 is 1.92 bits per heavy atom. The van der Waals surface area contributed by atoms with E-state index in [4.69, 9.17) is 0 Å². The van der Waals surface area contributed by atoms with Gasteiger partial charge in [0.15, 0.2) is 0 Å². The molecule has 0 saturated carbocycles. The first-order valence-corrected chi connectivity index (χ1v) is 10.9. The van der Waals surface area contributed by atoms with Crippen molar-refractivity contribution < 1.29 is 13.2 Å². The molecular weight excluding hydrogens is 372 g/mol. The zero-order chi connectivity index (χ0) is 18.7. The van der Waals surface area contributed by atoms with E-state index in [9.17, 15) is 13.2 Å². The largest absolute Gasteiger partial charge is 0.321 e. The van der Waals surface area contributed by atoms with Crippen molar-refractivity contribution in [3.05, 3.63) is 34.8 Å². The normalized spacial score (nSPS) is 16.5. The topological polar surface area (TPSA) is 92.3 Å². The van der Waals surface area contributed by atoms with Crippen molar-refractivity contribution in [1.29, 1.82) is 0 Å². The SMILES string of the molecule is CCc1nnsc1C(=O)Nc1ccc(S(=O)(=O)N2CCC(C)CC2)cc1. The van der Waals surface area contributed by atoms with Crippen LogP contribution in [0.2, 0.25) is 0 Å². The van der Waals surface area contributed by atoms with Gasteiger partial charge in [-0.05, 0) is 61.0 Å². The van der Waals surface area contributed by atoms with Crippen LogP contribution in [0, 0.1) is 5.92 Å². The molecule has 1 aliphatic heterocycles. The Morgan fingerprint density at radius 3 is 2.54 bits per heavy atom. The highest BCUT2D eigenvalue weighted by Crippen LogP contribution is 2.24. The first-order chi connectivity index (χ1) is 12.4. The molecule has 0 atom stereocenters. The lowest BCUT2D eigenvalue weighted by molar-refractivity contribution is 0.102. The molecule has 0 aliphatic carbocycles. The molecule has 1 saturated heterocycles. The number of aryl methyl sites for hydroxylation is 1. The molecule has 1 N–H and O–H groups in total. The number of nitrogens with zero attached hydrogens (tertiary/aromatic N) is 3. The fraction of sp³-hybridized carbons (Fsp3) is 0.471. The molecule has 1 fully saturated rings. The quantitative estimate of drug-likeness (QED) is 0.842. The van der Waals surface area contributed by atoms with Crippen LogP contribution in [0.25, 0.3) is 0 Å². The Bertz CT molecular complexity index is 870. The molecule has 1 amide bonds. The van der Waals surface area contributed by atoms with Crippen molar-refractivity contribution in [2.75, 3.05) is 18.4 Å². The average Bonchev–Trinajstić information content (AvgIpc) is 3.11. The van der Waals surface area contributed by atoms with Crippen molar-refractivity contribution in [2.24, 2.45) is 5.92 Å². The van der Waals surface area contributed by atoms with Gasteiger partial charge < -0.3 is 5.32 Å². The second-order valence-corrected chi connectivity index (χ2v) is 9.16. The number of rotatable bonds is 5. The number of carbonyl (C=O) groups is 1. The summed E-state index contributed by atoms with van der Waals surface area (Å²) in [7, 11) is -3.48. The molecule has 1 aromatic carbocycles. The van der Waals surface area contributed by atoms with Gasteiger partial charge in [0.05, 0.1) is 10.6 Å². The number of anilines is 1. The van der Waals surface area contributed by atoms with Gasteiger partial charge in [0.25, 0.3) is 5.91 Å². The molecule has 1 aromatic heterocycles. The predicted molar refractivity (Wildman–Crippen MR) is 101 cm³/mol. The third-order valence-electron chi connectivity index (χ3n) is 4.59. The van der Waals surface area contributed by atoms with E-state index < -0.39 is 10.0 Å². The summed E-state index contributed by atoms with van der Waals surface area (Å²) in [5.41, 5.74) is 1.20. The Hall–Kier alpha value is -1.84. The molecule has 0 bridgehead atoms. The fourth-order valence-corrected chi connectivity index (χ4v) is 5.00. The number of hydrogen-bond acceptors (Lipinski definition) is 6. The van der Waals surface area contributed by atoms with E-state index in [1.54, 1.807) is 12.1 Å². The second kappa shape index (κ2) is 7.81. The Morgan fingerprint density at radius 1 is 1.27 bits per heavy atom. The summed E-state index contributed by atoms with van der Waals surface area (Å²) in [6.07, 6.45) is 2.40. The minimum atomic E-state index is -3.48. The van der Waals surface area contributed by atoms with Crippen LogP contribution in [0.4, 0.5) is 5.69 Å². The first-order valence-electron chi connectivity index (χ1n) is 8.64. The van der Waals surface area contributed by atoms with E-state index in [1.165, 1.54) is 16.4 Å². The van der Waals surface area contributed by atoms with Crippen LogP contribution in [0.15, 0.2) is 29.2 Å². The molecule has 0 radical (unpaired) electrons. The molecule has 7 nitrogen and oxygen atoms in total. The summed E-state index contributed by atoms with van der Waals surface area (Å²) in [4.78, 5) is 13.0. The number of amides is 1. The maximum atomic E-state index is 12.7. The van der Waals surface area contributed by atoms with Gasteiger partial charge in [0.2, 0.25) is 10.0 Å². The number of sulfonamides is 1. The average molecular weight is 395 g/mol. The van der Waals surface area contributed by atoms with Crippen LogP contribution in [0.3, 0.4) is 0 Å². The van der Waals surface area contributed by atoms with Crippen LogP contribution >= 0.6 is 11.5 Å². The van der Waals surface area contributed by atoms with Gasteiger partial charge >= 0.3 is 0 Å². The number of benzene rings is 1. The molecule has 2 aromatic rings. The zero-order valence-electron chi connectivity index (χ0n) is 14.8. The minimum Gasteiger partial charge on any atom is -0.321 e.